The molecular weight excluding hydrogens is 164 g/mol. The first kappa shape index (κ1) is 10.5. The Morgan fingerprint density at radius 3 is 2.92 bits per heavy atom. The Morgan fingerprint density at radius 1 is 1.62 bits per heavy atom. The highest BCUT2D eigenvalue weighted by atomic mass is 16.3. The van der Waals surface area contributed by atoms with Gasteiger partial charge in [-0.15, -0.1) is 0 Å². The minimum atomic E-state index is -0.501. The summed E-state index contributed by atoms with van der Waals surface area (Å²) in [5, 5.41) is 9.84. The standard InChI is InChI=1S/C11H18O2/c1-3-6-11(2)7-4-5-9(12)8-10(11)13/h3,6,10,13H,4-5,7-8H2,1-2H3/b6-3+/t10?,11-/m1/s1. The Kier molecular flexibility index (Phi) is 3.26. The van der Waals surface area contributed by atoms with E-state index in [4.69, 9.17) is 0 Å². The molecule has 2 atom stereocenters. The lowest BCUT2D eigenvalue weighted by molar-refractivity contribution is -0.121. The molecule has 0 aromatic carbocycles. The van der Waals surface area contributed by atoms with Crippen molar-refractivity contribution in [2.24, 2.45) is 5.41 Å². The lowest BCUT2D eigenvalue weighted by Crippen LogP contribution is -2.30. The van der Waals surface area contributed by atoms with Gasteiger partial charge in [0.25, 0.3) is 0 Å². The molecule has 1 unspecified atom stereocenters. The molecule has 13 heavy (non-hydrogen) atoms. The van der Waals surface area contributed by atoms with Crippen LogP contribution in [0.3, 0.4) is 0 Å². The molecule has 2 heteroatoms. The molecule has 0 heterocycles. The zero-order valence-electron chi connectivity index (χ0n) is 8.42. The Bertz CT molecular complexity index is 220. The van der Waals surface area contributed by atoms with Crippen LogP contribution in [0.5, 0.6) is 0 Å². The third-order valence-electron chi connectivity index (χ3n) is 2.90. The van der Waals surface area contributed by atoms with Crippen molar-refractivity contribution < 1.29 is 9.90 Å². The van der Waals surface area contributed by atoms with Crippen LogP contribution in [0.2, 0.25) is 0 Å². The average molecular weight is 182 g/mol. The van der Waals surface area contributed by atoms with Gasteiger partial charge in [0, 0.05) is 18.3 Å². The fraction of sp³-hybridized carbons (Fsp3) is 0.727. The zero-order valence-corrected chi connectivity index (χ0v) is 8.42. The molecule has 1 saturated carbocycles. The Hall–Kier alpha value is -0.630. The highest BCUT2D eigenvalue weighted by Gasteiger charge is 2.33. The van der Waals surface area contributed by atoms with Crippen LogP contribution in [0.15, 0.2) is 12.2 Å². The molecule has 74 valence electrons. The maximum Gasteiger partial charge on any atom is 0.135 e. The summed E-state index contributed by atoms with van der Waals surface area (Å²) in [4.78, 5) is 11.2. The van der Waals surface area contributed by atoms with E-state index in [1.807, 2.05) is 26.0 Å². The SMILES string of the molecule is C/C=C/[C@]1(C)CCCC(=O)CC1O. The highest BCUT2D eigenvalue weighted by Crippen LogP contribution is 2.34. The first-order valence-electron chi connectivity index (χ1n) is 4.92. The van der Waals surface area contributed by atoms with E-state index < -0.39 is 6.10 Å². The second-order valence-electron chi connectivity index (χ2n) is 4.12. The van der Waals surface area contributed by atoms with E-state index in [0.29, 0.717) is 12.8 Å². The second kappa shape index (κ2) is 4.05. The monoisotopic (exact) mass is 182 g/mol. The molecule has 0 radical (unpaired) electrons. The number of aliphatic hydroxyl groups excluding tert-OH is 1. The van der Waals surface area contributed by atoms with Crippen LogP contribution in [-0.4, -0.2) is 17.0 Å². The van der Waals surface area contributed by atoms with Gasteiger partial charge in [0.1, 0.15) is 5.78 Å². The number of allylic oxidation sites excluding steroid dienone is 1. The zero-order chi connectivity index (χ0) is 9.90. The first-order chi connectivity index (χ1) is 6.08. The van der Waals surface area contributed by atoms with Gasteiger partial charge in [-0.1, -0.05) is 19.1 Å². The fourth-order valence-corrected chi connectivity index (χ4v) is 1.96. The van der Waals surface area contributed by atoms with E-state index in [1.54, 1.807) is 0 Å². The molecule has 2 nitrogen and oxygen atoms in total. The number of aliphatic hydroxyl groups is 1. The van der Waals surface area contributed by atoms with E-state index in [1.165, 1.54) is 0 Å². The summed E-state index contributed by atoms with van der Waals surface area (Å²) in [6.45, 7) is 3.97. The van der Waals surface area contributed by atoms with Gasteiger partial charge < -0.3 is 5.11 Å². The number of carbonyl (C=O) groups is 1. The van der Waals surface area contributed by atoms with Crippen molar-refractivity contribution in [3.05, 3.63) is 12.2 Å². The molecule has 1 rings (SSSR count). The summed E-state index contributed by atoms with van der Waals surface area (Å²) in [5.41, 5.74) is -0.194. The van der Waals surface area contributed by atoms with Crippen LogP contribution in [0, 0.1) is 5.41 Å². The fourth-order valence-electron chi connectivity index (χ4n) is 1.96. The van der Waals surface area contributed by atoms with Crippen molar-refractivity contribution in [1.82, 2.24) is 0 Å². The molecule has 1 N–H and O–H groups in total. The normalized spacial score (nSPS) is 36.5. The van der Waals surface area contributed by atoms with Gasteiger partial charge in [-0.25, -0.2) is 0 Å². The van der Waals surface area contributed by atoms with Crippen LogP contribution in [0.25, 0.3) is 0 Å². The molecule has 0 aromatic rings. The van der Waals surface area contributed by atoms with Crippen molar-refractivity contribution in [1.29, 1.82) is 0 Å². The summed E-state index contributed by atoms with van der Waals surface area (Å²) in [6, 6.07) is 0. The van der Waals surface area contributed by atoms with E-state index >= 15 is 0 Å². The van der Waals surface area contributed by atoms with Gasteiger partial charge in [0.2, 0.25) is 0 Å². The molecular formula is C11H18O2. The average Bonchev–Trinajstić information content (AvgIpc) is 2.14. The molecule has 0 bridgehead atoms. The number of hydrogen-bond donors (Lipinski definition) is 1. The van der Waals surface area contributed by atoms with Gasteiger partial charge in [0.15, 0.2) is 0 Å². The van der Waals surface area contributed by atoms with Gasteiger partial charge in [-0.2, -0.15) is 0 Å². The minimum Gasteiger partial charge on any atom is -0.392 e. The summed E-state index contributed by atoms with van der Waals surface area (Å²) in [6.07, 6.45) is 6.24. The van der Waals surface area contributed by atoms with Crippen LogP contribution in [0.1, 0.15) is 39.5 Å². The second-order valence-corrected chi connectivity index (χ2v) is 4.12. The number of ketones is 1. The van der Waals surface area contributed by atoms with Crippen molar-refractivity contribution in [3.8, 4) is 0 Å². The van der Waals surface area contributed by atoms with Crippen molar-refractivity contribution in [2.45, 2.75) is 45.6 Å². The predicted octanol–water partition coefficient (Wildman–Crippen LogP) is 2.07. The first-order valence-corrected chi connectivity index (χ1v) is 4.92. The maximum absolute atomic E-state index is 11.2. The maximum atomic E-state index is 11.2. The van der Waals surface area contributed by atoms with Gasteiger partial charge in [0.05, 0.1) is 6.10 Å². The summed E-state index contributed by atoms with van der Waals surface area (Å²) >= 11 is 0. The molecule has 1 aliphatic carbocycles. The van der Waals surface area contributed by atoms with Crippen LogP contribution < -0.4 is 0 Å². The van der Waals surface area contributed by atoms with Crippen LogP contribution >= 0.6 is 0 Å². The van der Waals surface area contributed by atoms with Crippen molar-refractivity contribution >= 4 is 5.78 Å². The van der Waals surface area contributed by atoms with Crippen LogP contribution in [-0.2, 0) is 4.79 Å². The molecule has 0 spiro atoms. The largest absolute Gasteiger partial charge is 0.392 e. The van der Waals surface area contributed by atoms with E-state index in [9.17, 15) is 9.90 Å². The molecule has 1 fully saturated rings. The molecule has 0 saturated heterocycles. The van der Waals surface area contributed by atoms with Gasteiger partial charge in [-0.05, 0) is 19.8 Å². The lowest BCUT2D eigenvalue weighted by Gasteiger charge is -2.29. The predicted molar refractivity (Wildman–Crippen MR) is 52.4 cm³/mol. The number of rotatable bonds is 1. The minimum absolute atomic E-state index is 0.194. The highest BCUT2D eigenvalue weighted by molar-refractivity contribution is 5.79. The summed E-state index contributed by atoms with van der Waals surface area (Å²) < 4.78 is 0. The lowest BCUT2D eigenvalue weighted by atomic mass is 9.80. The van der Waals surface area contributed by atoms with E-state index in [2.05, 4.69) is 0 Å². The smallest absolute Gasteiger partial charge is 0.135 e. The number of hydrogen-bond acceptors (Lipinski definition) is 2. The third kappa shape index (κ3) is 2.41. The number of Topliss-reactive ketones (excluding diaryl/α,β-unsaturated/α-hetero) is 1. The Morgan fingerprint density at radius 2 is 2.31 bits per heavy atom. The van der Waals surface area contributed by atoms with E-state index in [0.717, 1.165) is 12.8 Å². The van der Waals surface area contributed by atoms with Gasteiger partial charge >= 0.3 is 0 Å². The van der Waals surface area contributed by atoms with E-state index in [-0.39, 0.29) is 11.2 Å². The van der Waals surface area contributed by atoms with Crippen LogP contribution in [0.4, 0.5) is 0 Å². The summed E-state index contributed by atoms with van der Waals surface area (Å²) in [7, 11) is 0. The van der Waals surface area contributed by atoms with Crippen molar-refractivity contribution in [3.63, 3.8) is 0 Å². The topological polar surface area (TPSA) is 37.3 Å². The number of carbonyl (C=O) groups excluding carboxylic acids is 1. The quantitative estimate of drug-likeness (QED) is 0.498. The van der Waals surface area contributed by atoms with Crippen molar-refractivity contribution in [2.75, 3.05) is 0 Å². The Labute approximate surface area is 79.6 Å². The molecule has 0 aromatic heterocycles. The molecule has 0 amide bonds. The molecule has 1 aliphatic rings. The van der Waals surface area contributed by atoms with Gasteiger partial charge in [-0.3, -0.25) is 4.79 Å². The summed E-state index contributed by atoms with van der Waals surface area (Å²) in [5.74, 6) is 0.195. The third-order valence-corrected chi connectivity index (χ3v) is 2.90. The molecule has 0 aliphatic heterocycles. The Balaban J connectivity index is 2.78.